The van der Waals surface area contributed by atoms with E-state index in [9.17, 15) is 20.1 Å². The molecule has 1 aliphatic rings. The molecule has 6 heteroatoms. The van der Waals surface area contributed by atoms with Crippen molar-refractivity contribution in [3.63, 3.8) is 0 Å². The number of alkyl halides is 1. The maximum absolute atomic E-state index is 11.8. The van der Waals surface area contributed by atoms with E-state index in [0.29, 0.717) is 38.9 Å². The van der Waals surface area contributed by atoms with E-state index in [2.05, 4.69) is 0 Å². The summed E-state index contributed by atoms with van der Waals surface area (Å²) >= 11 is 6.44. The van der Waals surface area contributed by atoms with Crippen molar-refractivity contribution >= 4 is 17.6 Å². The Hall–Kier alpha value is -1.66. The van der Waals surface area contributed by atoms with Gasteiger partial charge in [-0.2, -0.15) is 0 Å². The lowest BCUT2D eigenvalue weighted by Crippen LogP contribution is -2.18. The third-order valence-electron chi connectivity index (χ3n) is 5.80. The molecule has 1 unspecified atom stereocenters. The number of rotatable bonds is 12. The molecule has 0 amide bonds. The number of allylic oxidation sites excluding steroid dienone is 2. The van der Waals surface area contributed by atoms with Gasteiger partial charge in [0.2, 0.25) is 0 Å². The van der Waals surface area contributed by atoms with Crippen molar-refractivity contribution in [1.29, 1.82) is 0 Å². The standard InChI is InChI=1S/C25H35ClO5/c1-3-31-16-18-8-7-9-19(14-18)20(25(29)30)10-5-4-6-11-21-22(13-12-17(2)27)24(28)15-23(21)26/h4,6-9,12-14,17,20-24,27-28H,3,5,10-11,15-16H2,1-2H3,(H,29,30)/t17-,20?,21-,22-,23-,24-/m1/s1. The second-order valence-electron chi connectivity index (χ2n) is 8.24. The van der Waals surface area contributed by atoms with E-state index in [-0.39, 0.29) is 17.2 Å². The molecule has 0 aromatic heterocycles. The molecule has 0 saturated heterocycles. The SMILES string of the molecule is CCOCc1cccc(C(CCC=CC[C@@H]2[C@@H](C=C[C@@H](C)O)[C@H](O)C[C@H]2Cl)C(=O)O)c1. The van der Waals surface area contributed by atoms with Crippen LogP contribution in [0.15, 0.2) is 48.6 Å². The summed E-state index contributed by atoms with van der Waals surface area (Å²) in [6, 6.07) is 7.59. The molecule has 2 rings (SSSR count). The molecule has 5 nitrogen and oxygen atoms in total. The molecule has 172 valence electrons. The molecule has 31 heavy (non-hydrogen) atoms. The van der Waals surface area contributed by atoms with Crippen molar-refractivity contribution in [2.75, 3.05) is 6.61 Å². The Morgan fingerprint density at radius 3 is 2.81 bits per heavy atom. The number of carboxylic acid groups (broad SMARTS) is 1. The summed E-state index contributed by atoms with van der Waals surface area (Å²) in [5.41, 5.74) is 1.77. The van der Waals surface area contributed by atoms with E-state index >= 15 is 0 Å². The van der Waals surface area contributed by atoms with Gasteiger partial charge in [0.15, 0.2) is 0 Å². The van der Waals surface area contributed by atoms with Gasteiger partial charge in [-0.1, -0.05) is 48.6 Å². The van der Waals surface area contributed by atoms with Gasteiger partial charge in [-0.3, -0.25) is 4.79 Å². The van der Waals surface area contributed by atoms with Gasteiger partial charge in [-0.15, -0.1) is 11.6 Å². The van der Waals surface area contributed by atoms with Crippen molar-refractivity contribution in [2.45, 2.75) is 69.6 Å². The minimum atomic E-state index is -0.829. The Balaban J connectivity index is 1.93. The van der Waals surface area contributed by atoms with Gasteiger partial charge in [0.25, 0.3) is 0 Å². The molecular weight excluding hydrogens is 416 g/mol. The zero-order valence-electron chi connectivity index (χ0n) is 18.4. The molecule has 1 aromatic carbocycles. The molecule has 1 aliphatic carbocycles. The number of aliphatic hydroxyl groups excluding tert-OH is 2. The number of carboxylic acids is 1. The Labute approximate surface area is 190 Å². The average molecular weight is 451 g/mol. The number of aliphatic hydroxyl groups is 2. The summed E-state index contributed by atoms with van der Waals surface area (Å²) in [5, 5.41) is 29.3. The molecule has 1 fully saturated rings. The van der Waals surface area contributed by atoms with Crippen LogP contribution in [0.1, 0.15) is 56.6 Å². The fraction of sp³-hybridized carbons (Fsp3) is 0.560. The zero-order valence-corrected chi connectivity index (χ0v) is 19.1. The van der Waals surface area contributed by atoms with Crippen molar-refractivity contribution in [2.24, 2.45) is 11.8 Å². The fourth-order valence-electron chi connectivity index (χ4n) is 4.14. The molecule has 0 radical (unpaired) electrons. The summed E-state index contributed by atoms with van der Waals surface area (Å²) in [7, 11) is 0. The first kappa shape index (κ1) is 25.6. The van der Waals surface area contributed by atoms with Crippen LogP contribution in [-0.4, -0.2) is 45.5 Å². The molecule has 0 aliphatic heterocycles. The van der Waals surface area contributed by atoms with Crippen molar-refractivity contribution in [3.8, 4) is 0 Å². The van der Waals surface area contributed by atoms with Crippen LogP contribution in [0, 0.1) is 11.8 Å². The smallest absolute Gasteiger partial charge is 0.310 e. The van der Waals surface area contributed by atoms with Gasteiger partial charge in [0.1, 0.15) is 0 Å². The van der Waals surface area contributed by atoms with Gasteiger partial charge in [-0.05, 0) is 56.6 Å². The van der Waals surface area contributed by atoms with E-state index in [4.69, 9.17) is 16.3 Å². The highest BCUT2D eigenvalue weighted by molar-refractivity contribution is 6.21. The predicted molar refractivity (Wildman–Crippen MR) is 123 cm³/mol. The van der Waals surface area contributed by atoms with Crippen LogP contribution >= 0.6 is 11.6 Å². The van der Waals surface area contributed by atoms with E-state index in [1.807, 2.05) is 49.4 Å². The lowest BCUT2D eigenvalue weighted by atomic mass is 9.90. The van der Waals surface area contributed by atoms with Crippen LogP contribution in [-0.2, 0) is 16.1 Å². The van der Waals surface area contributed by atoms with Gasteiger partial charge < -0.3 is 20.1 Å². The van der Waals surface area contributed by atoms with Crippen molar-refractivity contribution in [1.82, 2.24) is 0 Å². The normalized spacial score (nSPS) is 26.0. The number of carbonyl (C=O) groups is 1. The number of benzene rings is 1. The van der Waals surface area contributed by atoms with Gasteiger partial charge in [0, 0.05) is 17.9 Å². The molecule has 6 atom stereocenters. The summed E-state index contributed by atoms with van der Waals surface area (Å²) in [5.74, 6) is -1.39. The van der Waals surface area contributed by atoms with Crippen LogP contribution in [0.4, 0.5) is 0 Å². The maximum Gasteiger partial charge on any atom is 0.310 e. The Kier molecular flexibility index (Phi) is 10.7. The van der Waals surface area contributed by atoms with Gasteiger partial charge in [0.05, 0.1) is 24.7 Å². The first-order chi connectivity index (χ1) is 14.8. The highest BCUT2D eigenvalue weighted by Crippen LogP contribution is 2.39. The summed E-state index contributed by atoms with van der Waals surface area (Å²) in [6.45, 7) is 4.71. The molecule has 1 saturated carbocycles. The molecule has 0 spiro atoms. The Bertz CT molecular complexity index is 745. The number of halogens is 1. The Morgan fingerprint density at radius 2 is 2.13 bits per heavy atom. The highest BCUT2D eigenvalue weighted by atomic mass is 35.5. The van der Waals surface area contributed by atoms with Crippen LogP contribution in [0.25, 0.3) is 0 Å². The maximum atomic E-state index is 11.8. The number of hydrogen-bond donors (Lipinski definition) is 3. The summed E-state index contributed by atoms with van der Waals surface area (Å²) < 4.78 is 5.43. The molecule has 3 N–H and O–H groups in total. The third kappa shape index (κ3) is 8.08. The third-order valence-corrected chi connectivity index (χ3v) is 6.30. The summed E-state index contributed by atoms with van der Waals surface area (Å²) in [4.78, 5) is 11.8. The lowest BCUT2D eigenvalue weighted by Gasteiger charge is -2.19. The van der Waals surface area contributed by atoms with Crippen molar-refractivity contribution in [3.05, 3.63) is 59.7 Å². The first-order valence-corrected chi connectivity index (χ1v) is 11.5. The van der Waals surface area contributed by atoms with E-state index in [0.717, 1.165) is 11.1 Å². The van der Waals surface area contributed by atoms with Gasteiger partial charge >= 0.3 is 5.97 Å². The second kappa shape index (κ2) is 13.0. The fourth-order valence-corrected chi connectivity index (χ4v) is 4.59. The lowest BCUT2D eigenvalue weighted by molar-refractivity contribution is -0.138. The van der Waals surface area contributed by atoms with E-state index in [1.54, 1.807) is 13.0 Å². The highest BCUT2D eigenvalue weighted by Gasteiger charge is 2.39. The van der Waals surface area contributed by atoms with E-state index < -0.39 is 24.1 Å². The topological polar surface area (TPSA) is 87.0 Å². The number of hydrogen-bond acceptors (Lipinski definition) is 4. The number of ether oxygens (including phenoxy) is 1. The molecule has 1 aromatic rings. The quantitative estimate of drug-likeness (QED) is 0.318. The van der Waals surface area contributed by atoms with Crippen LogP contribution in [0.3, 0.4) is 0 Å². The monoisotopic (exact) mass is 450 g/mol. The number of aliphatic carboxylic acids is 1. The zero-order chi connectivity index (χ0) is 22.8. The summed E-state index contributed by atoms with van der Waals surface area (Å²) in [6.07, 6.45) is 8.93. The van der Waals surface area contributed by atoms with E-state index in [1.165, 1.54) is 0 Å². The molecular formula is C25H35ClO5. The molecule has 0 bridgehead atoms. The van der Waals surface area contributed by atoms with Crippen LogP contribution in [0.5, 0.6) is 0 Å². The minimum absolute atomic E-state index is 0.0819. The average Bonchev–Trinajstić information content (AvgIpc) is 2.99. The first-order valence-electron chi connectivity index (χ1n) is 11.1. The van der Waals surface area contributed by atoms with Gasteiger partial charge in [-0.25, -0.2) is 0 Å². The van der Waals surface area contributed by atoms with Crippen molar-refractivity contribution < 1.29 is 24.9 Å². The predicted octanol–water partition coefficient (Wildman–Crippen LogP) is 4.66. The molecule has 0 heterocycles. The largest absolute Gasteiger partial charge is 0.481 e. The minimum Gasteiger partial charge on any atom is -0.481 e. The Morgan fingerprint density at radius 1 is 1.35 bits per heavy atom. The van der Waals surface area contributed by atoms with Crippen LogP contribution in [0.2, 0.25) is 0 Å². The van der Waals surface area contributed by atoms with Crippen LogP contribution < -0.4 is 0 Å². The second-order valence-corrected chi connectivity index (χ2v) is 8.80.